The Morgan fingerprint density at radius 1 is 1.28 bits per heavy atom. The van der Waals surface area contributed by atoms with Crippen molar-refractivity contribution >= 4 is 11.6 Å². The van der Waals surface area contributed by atoms with Gasteiger partial charge in [-0.3, -0.25) is 4.79 Å². The van der Waals surface area contributed by atoms with Gasteiger partial charge in [0, 0.05) is 31.2 Å². The summed E-state index contributed by atoms with van der Waals surface area (Å²) in [4.78, 5) is 15.0. The number of hydrogen-bond donors (Lipinski definition) is 1. The Kier molecular flexibility index (Phi) is 4.29. The van der Waals surface area contributed by atoms with E-state index in [0.29, 0.717) is 0 Å². The molecule has 1 N–H and O–H groups in total. The van der Waals surface area contributed by atoms with Crippen LogP contribution in [0.1, 0.15) is 37.0 Å². The fraction of sp³-hybridized carbons (Fsp3) is 0.526. The van der Waals surface area contributed by atoms with E-state index in [1.807, 2.05) is 24.8 Å². The van der Waals surface area contributed by atoms with E-state index < -0.39 is 0 Å². The summed E-state index contributed by atoms with van der Waals surface area (Å²) in [6.45, 7) is 5.61. The summed E-state index contributed by atoms with van der Waals surface area (Å²) in [6.07, 6.45) is 3.99. The Morgan fingerprint density at radius 2 is 2.12 bits per heavy atom. The molecule has 2 aliphatic rings. The van der Waals surface area contributed by atoms with Gasteiger partial charge in [-0.15, -0.1) is 10.2 Å². The van der Waals surface area contributed by atoms with Crippen molar-refractivity contribution in [3.05, 3.63) is 41.5 Å². The topological polar surface area (TPSA) is 63.1 Å². The summed E-state index contributed by atoms with van der Waals surface area (Å²) in [5.41, 5.74) is 2.35. The summed E-state index contributed by atoms with van der Waals surface area (Å²) in [6, 6.07) is 8.34. The van der Waals surface area contributed by atoms with Gasteiger partial charge in [0.25, 0.3) is 0 Å². The van der Waals surface area contributed by atoms with Crippen LogP contribution in [-0.4, -0.2) is 39.3 Å². The quantitative estimate of drug-likeness (QED) is 0.927. The lowest BCUT2D eigenvalue weighted by molar-refractivity contribution is -0.120. The fourth-order valence-electron chi connectivity index (χ4n) is 4.02. The summed E-state index contributed by atoms with van der Waals surface area (Å²) >= 11 is 0. The van der Waals surface area contributed by atoms with Crippen LogP contribution in [0.15, 0.2) is 24.3 Å². The van der Waals surface area contributed by atoms with E-state index >= 15 is 0 Å². The average molecular weight is 339 g/mol. The van der Waals surface area contributed by atoms with Gasteiger partial charge in [0.2, 0.25) is 5.91 Å². The summed E-state index contributed by atoms with van der Waals surface area (Å²) in [5.74, 6) is 2.17. The minimum absolute atomic E-state index is 0.165. The van der Waals surface area contributed by atoms with Gasteiger partial charge >= 0.3 is 0 Å². The van der Waals surface area contributed by atoms with E-state index in [-0.39, 0.29) is 18.0 Å². The second kappa shape index (κ2) is 6.59. The van der Waals surface area contributed by atoms with Crippen LogP contribution in [0.2, 0.25) is 0 Å². The van der Waals surface area contributed by atoms with Gasteiger partial charge in [-0.25, -0.2) is 0 Å². The van der Waals surface area contributed by atoms with Crippen molar-refractivity contribution in [2.45, 2.75) is 58.2 Å². The highest BCUT2D eigenvalue weighted by molar-refractivity contribution is 5.98. The van der Waals surface area contributed by atoms with Gasteiger partial charge in [-0.2, -0.15) is 0 Å². The molecule has 2 aliphatic heterocycles. The molecule has 132 valence electrons. The van der Waals surface area contributed by atoms with Gasteiger partial charge in [-0.05, 0) is 44.7 Å². The molecule has 2 atom stereocenters. The number of fused-ring (bicyclic) bond motifs is 2. The van der Waals surface area contributed by atoms with Crippen molar-refractivity contribution in [1.29, 1.82) is 0 Å². The number of benzene rings is 1. The average Bonchev–Trinajstić information content (AvgIpc) is 3.01. The Morgan fingerprint density at radius 3 is 3.00 bits per heavy atom. The molecule has 1 amide bonds. The lowest BCUT2D eigenvalue weighted by Gasteiger charge is -2.33. The third-order valence-corrected chi connectivity index (χ3v) is 5.36. The zero-order chi connectivity index (χ0) is 17.4. The van der Waals surface area contributed by atoms with Gasteiger partial charge in [-0.1, -0.05) is 18.2 Å². The van der Waals surface area contributed by atoms with Gasteiger partial charge < -0.3 is 14.8 Å². The monoisotopic (exact) mass is 339 g/mol. The van der Waals surface area contributed by atoms with Gasteiger partial charge in [0.15, 0.2) is 0 Å². The fourth-order valence-corrected chi connectivity index (χ4v) is 4.02. The normalized spacial score (nSPS) is 20.7. The number of carbonyl (C=O) groups is 1. The number of hydrogen-bond acceptors (Lipinski definition) is 4. The first-order chi connectivity index (χ1) is 12.1. The molecule has 0 saturated heterocycles. The minimum Gasteiger partial charge on any atom is -0.314 e. The minimum atomic E-state index is -0.200. The van der Waals surface area contributed by atoms with E-state index in [9.17, 15) is 4.79 Å². The number of nitrogens with one attached hydrogen (secondary N) is 1. The van der Waals surface area contributed by atoms with Crippen molar-refractivity contribution in [1.82, 2.24) is 20.1 Å². The number of nitrogens with zero attached hydrogens (tertiary/aromatic N) is 4. The predicted octanol–water partition coefficient (Wildman–Crippen LogP) is 1.86. The highest BCUT2D eigenvalue weighted by Crippen LogP contribution is 2.27. The molecule has 0 radical (unpaired) electrons. The van der Waals surface area contributed by atoms with E-state index in [4.69, 9.17) is 0 Å². The standard InChI is InChI=1S/C19H25N5O/c1-13(20-16-9-10-18-22-21-14(2)24(18)12-16)19(25)23-11-5-7-15-6-3-4-8-17(15)23/h3-4,6,8,13,16,20H,5,7,9-12H2,1-2H3/t13-,16-/m1/s1. The first kappa shape index (κ1) is 16.3. The number of carbonyl (C=O) groups excluding carboxylic acids is 1. The molecule has 4 rings (SSSR count). The predicted molar refractivity (Wildman–Crippen MR) is 96.6 cm³/mol. The SMILES string of the molecule is Cc1nnc2n1C[C@H](N[C@H](C)C(=O)N1CCCc3ccccc31)CC2. The molecule has 25 heavy (non-hydrogen) atoms. The molecule has 1 aromatic heterocycles. The lowest BCUT2D eigenvalue weighted by atomic mass is 10.0. The number of aryl methyl sites for hydroxylation is 3. The van der Waals surface area contributed by atoms with Crippen LogP contribution in [0.5, 0.6) is 0 Å². The largest absolute Gasteiger partial charge is 0.314 e. The molecule has 0 spiro atoms. The molecular formula is C19H25N5O. The third-order valence-electron chi connectivity index (χ3n) is 5.36. The van der Waals surface area contributed by atoms with Crippen molar-refractivity contribution in [2.75, 3.05) is 11.4 Å². The van der Waals surface area contributed by atoms with E-state index in [2.05, 4.69) is 38.3 Å². The first-order valence-corrected chi connectivity index (χ1v) is 9.17. The molecule has 0 unspecified atom stereocenters. The van der Waals surface area contributed by atoms with E-state index in [1.54, 1.807) is 0 Å². The van der Waals surface area contributed by atoms with Gasteiger partial charge in [0.05, 0.1) is 6.04 Å². The molecule has 6 nitrogen and oxygen atoms in total. The maximum absolute atomic E-state index is 13.0. The van der Waals surface area contributed by atoms with Crippen LogP contribution >= 0.6 is 0 Å². The molecule has 6 heteroatoms. The Bertz CT molecular complexity index is 784. The smallest absolute Gasteiger partial charge is 0.243 e. The third kappa shape index (κ3) is 3.06. The summed E-state index contributed by atoms with van der Waals surface area (Å²) < 4.78 is 2.16. The van der Waals surface area contributed by atoms with Crippen molar-refractivity contribution in [3.8, 4) is 0 Å². The number of aromatic nitrogens is 3. The number of amides is 1. The van der Waals surface area contributed by atoms with Crippen molar-refractivity contribution < 1.29 is 4.79 Å². The van der Waals surface area contributed by atoms with Crippen LogP contribution in [0.4, 0.5) is 5.69 Å². The molecule has 0 bridgehead atoms. The zero-order valence-corrected chi connectivity index (χ0v) is 14.9. The van der Waals surface area contributed by atoms with E-state index in [0.717, 1.165) is 56.1 Å². The molecule has 0 fully saturated rings. The van der Waals surface area contributed by atoms with Crippen molar-refractivity contribution in [2.24, 2.45) is 0 Å². The maximum atomic E-state index is 13.0. The van der Waals surface area contributed by atoms with Crippen LogP contribution in [0.3, 0.4) is 0 Å². The van der Waals surface area contributed by atoms with Crippen LogP contribution in [-0.2, 0) is 24.2 Å². The summed E-state index contributed by atoms with van der Waals surface area (Å²) in [7, 11) is 0. The maximum Gasteiger partial charge on any atom is 0.243 e. The number of rotatable bonds is 3. The Hall–Kier alpha value is -2.21. The highest BCUT2D eigenvalue weighted by Gasteiger charge is 2.29. The lowest BCUT2D eigenvalue weighted by Crippen LogP contribution is -2.51. The molecule has 0 saturated carbocycles. The van der Waals surface area contributed by atoms with Gasteiger partial charge in [0.1, 0.15) is 11.6 Å². The second-order valence-corrected chi connectivity index (χ2v) is 7.12. The zero-order valence-electron chi connectivity index (χ0n) is 14.9. The number of anilines is 1. The molecule has 3 heterocycles. The van der Waals surface area contributed by atoms with Crippen LogP contribution in [0, 0.1) is 6.92 Å². The molecule has 1 aromatic carbocycles. The molecule has 0 aliphatic carbocycles. The highest BCUT2D eigenvalue weighted by atomic mass is 16.2. The van der Waals surface area contributed by atoms with E-state index in [1.165, 1.54) is 5.56 Å². The molecular weight excluding hydrogens is 314 g/mol. The molecule has 2 aromatic rings. The van der Waals surface area contributed by atoms with Crippen LogP contribution in [0.25, 0.3) is 0 Å². The van der Waals surface area contributed by atoms with Crippen molar-refractivity contribution in [3.63, 3.8) is 0 Å². The second-order valence-electron chi connectivity index (χ2n) is 7.12. The Balaban J connectivity index is 1.45. The number of para-hydroxylation sites is 1. The first-order valence-electron chi connectivity index (χ1n) is 9.17. The summed E-state index contributed by atoms with van der Waals surface area (Å²) in [5, 5.41) is 11.9. The van der Waals surface area contributed by atoms with Crippen LogP contribution < -0.4 is 10.2 Å². The Labute approximate surface area is 148 Å².